The second-order valence-electron chi connectivity index (χ2n) is 4.07. The van der Waals surface area contributed by atoms with E-state index in [0.717, 1.165) is 5.76 Å². The van der Waals surface area contributed by atoms with Gasteiger partial charge in [-0.3, -0.25) is 4.79 Å². The molecule has 0 amide bonds. The summed E-state index contributed by atoms with van der Waals surface area (Å²) in [5.41, 5.74) is 0.447. The minimum atomic E-state index is -0.209. The molecule has 0 atom stereocenters. The number of fused-ring (bicyclic) bond motifs is 1. The summed E-state index contributed by atoms with van der Waals surface area (Å²) in [4.78, 5) is 12.0. The van der Waals surface area contributed by atoms with Crippen molar-refractivity contribution in [3.05, 3.63) is 53.2 Å². The van der Waals surface area contributed by atoms with Gasteiger partial charge in [-0.2, -0.15) is 0 Å². The van der Waals surface area contributed by atoms with Gasteiger partial charge < -0.3 is 14.3 Å². The molecule has 90 valence electrons. The van der Waals surface area contributed by atoms with E-state index < -0.39 is 0 Å². The summed E-state index contributed by atoms with van der Waals surface area (Å²) in [6.45, 7) is 1.83. The molecule has 0 fully saturated rings. The van der Waals surface area contributed by atoms with Gasteiger partial charge in [0.25, 0.3) is 0 Å². The van der Waals surface area contributed by atoms with Gasteiger partial charge in [-0.1, -0.05) is 0 Å². The van der Waals surface area contributed by atoms with Gasteiger partial charge in [0.2, 0.25) is 5.78 Å². The molecule has 0 saturated carbocycles. The van der Waals surface area contributed by atoms with E-state index in [4.69, 9.17) is 9.15 Å². The maximum absolute atomic E-state index is 12.0. The first kappa shape index (κ1) is 10.7. The second-order valence-corrected chi connectivity index (χ2v) is 4.07. The minimum Gasteiger partial charge on any atom is -0.508 e. The summed E-state index contributed by atoms with van der Waals surface area (Å²) >= 11 is 0. The molecule has 4 heteroatoms. The first-order valence-electron chi connectivity index (χ1n) is 5.47. The molecule has 0 aliphatic carbocycles. The highest BCUT2D eigenvalue weighted by atomic mass is 16.5. The lowest BCUT2D eigenvalue weighted by atomic mass is 10.1. The van der Waals surface area contributed by atoms with Crippen LogP contribution in [0.2, 0.25) is 0 Å². The number of carbonyl (C=O) groups is 1. The van der Waals surface area contributed by atoms with Gasteiger partial charge in [0.1, 0.15) is 23.0 Å². The monoisotopic (exact) mass is 242 g/mol. The highest BCUT2D eigenvalue weighted by Crippen LogP contribution is 2.34. The maximum Gasteiger partial charge on any atom is 0.232 e. The summed E-state index contributed by atoms with van der Waals surface area (Å²) in [6, 6.07) is 7.99. The molecule has 2 aromatic rings. The fourth-order valence-corrected chi connectivity index (χ4v) is 1.84. The minimum absolute atomic E-state index is 0.0663. The zero-order valence-electron chi connectivity index (χ0n) is 9.64. The SMILES string of the molecule is Cc1ccc(C=C2Oc3cc(O)ccc3C2=O)o1. The van der Waals surface area contributed by atoms with Crippen LogP contribution in [0.3, 0.4) is 0 Å². The maximum atomic E-state index is 12.0. The molecule has 1 aromatic carbocycles. The topological polar surface area (TPSA) is 59.7 Å². The largest absolute Gasteiger partial charge is 0.508 e. The molecule has 2 heterocycles. The van der Waals surface area contributed by atoms with Gasteiger partial charge in [-0.25, -0.2) is 0 Å². The van der Waals surface area contributed by atoms with E-state index in [9.17, 15) is 9.90 Å². The predicted molar refractivity (Wildman–Crippen MR) is 64.5 cm³/mol. The van der Waals surface area contributed by atoms with Gasteiger partial charge in [0, 0.05) is 12.1 Å². The number of ether oxygens (including phenoxy) is 1. The van der Waals surface area contributed by atoms with Crippen molar-refractivity contribution < 1.29 is 19.1 Å². The Morgan fingerprint density at radius 3 is 2.78 bits per heavy atom. The van der Waals surface area contributed by atoms with E-state index in [0.29, 0.717) is 17.1 Å². The molecule has 0 spiro atoms. The number of phenolic OH excluding ortho intramolecular Hbond substituents is 1. The summed E-state index contributed by atoms with van der Waals surface area (Å²) in [7, 11) is 0. The average Bonchev–Trinajstić information content (AvgIpc) is 2.85. The molecule has 0 bridgehead atoms. The highest BCUT2D eigenvalue weighted by molar-refractivity contribution is 6.14. The molecule has 0 saturated heterocycles. The quantitative estimate of drug-likeness (QED) is 0.781. The molecule has 4 nitrogen and oxygen atoms in total. The van der Waals surface area contributed by atoms with Crippen LogP contribution in [-0.2, 0) is 0 Å². The lowest BCUT2D eigenvalue weighted by Crippen LogP contribution is -1.97. The molecule has 1 aromatic heterocycles. The third-order valence-corrected chi connectivity index (χ3v) is 2.69. The van der Waals surface area contributed by atoms with Gasteiger partial charge >= 0.3 is 0 Å². The molecule has 3 rings (SSSR count). The Hall–Kier alpha value is -2.49. The Balaban J connectivity index is 1.99. The Morgan fingerprint density at radius 2 is 2.06 bits per heavy atom. The summed E-state index contributed by atoms with van der Waals surface area (Å²) in [5, 5.41) is 9.33. The van der Waals surface area contributed by atoms with Crippen molar-refractivity contribution >= 4 is 11.9 Å². The number of hydrogen-bond donors (Lipinski definition) is 1. The van der Waals surface area contributed by atoms with Crippen LogP contribution in [0.25, 0.3) is 6.08 Å². The number of rotatable bonds is 1. The van der Waals surface area contributed by atoms with Gasteiger partial charge in [-0.05, 0) is 31.2 Å². The van der Waals surface area contributed by atoms with Crippen LogP contribution >= 0.6 is 0 Å². The number of hydrogen-bond acceptors (Lipinski definition) is 4. The van der Waals surface area contributed by atoms with Gasteiger partial charge in [0.15, 0.2) is 5.76 Å². The number of benzene rings is 1. The summed E-state index contributed by atoms with van der Waals surface area (Å²) in [5.74, 6) is 1.76. The molecule has 18 heavy (non-hydrogen) atoms. The zero-order chi connectivity index (χ0) is 12.7. The first-order chi connectivity index (χ1) is 8.63. The number of aromatic hydroxyl groups is 1. The third kappa shape index (κ3) is 1.68. The number of phenols is 1. The van der Waals surface area contributed by atoms with Crippen molar-refractivity contribution in [1.82, 2.24) is 0 Å². The standard InChI is InChI=1S/C14H10O4/c1-8-2-4-10(17-8)7-13-14(16)11-5-3-9(15)6-12(11)18-13/h2-7,15H,1H3. The van der Waals surface area contributed by atoms with E-state index in [1.807, 2.05) is 13.0 Å². The predicted octanol–water partition coefficient (Wildman–Crippen LogP) is 2.91. The Labute approximate surface area is 103 Å². The van der Waals surface area contributed by atoms with Crippen LogP contribution in [0.5, 0.6) is 11.5 Å². The number of carbonyl (C=O) groups excluding carboxylic acids is 1. The van der Waals surface area contributed by atoms with Crippen LogP contribution in [0, 0.1) is 6.92 Å². The molecule has 1 aliphatic rings. The molecular weight excluding hydrogens is 232 g/mol. The molecule has 0 radical (unpaired) electrons. The van der Waals surface area contributed by atoms with E-state index >= 15 is 0 Å². The van der Waals surface area contributed by atoms with E-state index in [2.05, 4.69) is 0 Å². The van der Waals surface area contributed by atoms with E-state index in [-0.39, 0.29) is 17.3 Å². The number of aryl methyl sites for hydroxylation is 1. The van der Waals surface area contributed by atoms with E-state index in [1.165, 1.54) is 12.1 Å². The zero-order valence-corrected chi connectivity index (χ0v) is 9.64. The van der Waals surface area contributed by atoms with Gasteiger partial charge in [-0.15, -0.1) is 0 Å². The van der Waals surface area contributed by atoms with Crippen LogP contribution in [0.4, 0.5) is 0 Å². The Bertz CT molecular complexity index is 664. The molecular formula is C14H10O4. The second kappa shape index (κ2) is 3.77. The number of allylic oxidation sites excluding steroid dienone is 1. The molecule has 1 aliphatic heterocycles. The molecule has 0 unspecified atom stereocenters. The molecule has 1 N–H and O–H groups in total. The number of Topliss-reactive ketones (excluding diaryl/α,β-unsaturated/α-hetero) is 1. The van der Waals surface area contributed by atoms with E-state index in [1.54, 1.807) is 18.2 Å². The van der Waals surface area contributed by atoms with Crippen molar-refractivity contribution in [2.75, 3.05) is 0 Å². The summed E-state index contributed by atoms with van der Waals surface area (Å²) in [6.07, 6.45) is 1.55. The van der Waals surface area contributed by atoms with Crippen LogP contribution < -0.4 is 4.74 Å². The normalized spacial score (nSPS) is 15.8. The smallest absolute Gasteiger partial charge is 0.232 e. The van der Waals surface area contributed by atoms with Crippen LogP contribution in [0.1, 0.15) is 21.9 Å². The van der Waals surface area contributed by atoms with Crippen molar-refractivity contribution in [2.45, 2.75) is 6.92 Å². The number of furan rings is 1. The fraction of sp³-hybridized carbons (Fsp3) is 0.0714. The average molecular weight is 242 g/mol. The number of ketones is 1. The van der Waals surface area contributed by atoms with Crippen LogP contribution in [-0.4, -0.2) is 10.9 Å². The van der Waals surface area contributed by atoms with Crippen molar-refractivity contribution in [1.29, 1.82) is 0 Å². The Morgan fingerprint density at radius 1 is 1.22 bits per heavy atom. The van der Waals surface area contributed by atoms with Crippen molar-refractivity contribution in [2.24, 2.45) is 0 Å². The fourth-order valence-electron chi connectivity index (χ4n) is 1.84. The Kier molecular flexibility index (Phi) is 2.23. The van der Waals surface area contributed by atoms with Crippen molar-refractivity contribution in [3.63, 3.8) is 0 Å². The third-order valence-electron chi connectivity index (χ3n) is 2.69. The highest BCUT2D eigenvalue weighted by Gasteiger charge is 2.27. The summed E-state index contributed by atoms with van der Waals surface area (Å²) < 4.78 is 10.8. The lowest BCUT2D eigenvalue weighted by Gasteiger charge is -1.97. The van der Waals surface area contributed by atoms with Crippen molar-refractivity contribution in [3.8, 4) is 11.5 Å². The lowest BCUT2D eigenvalue weighted by molar-refractivity contribution is 0.101. The first-order valence-corrected chi connectivity index (χ1v) is 5.47. The van der Waals surface area contributed by atoms with Gasteiger partial charge in [0.05, 0.1) is 5.56 Å². The van der Waals surface area contributed by atoms with Crippen LogP contribution in [0.15, 0.2) is 40.5 Å².